The van der Waals surface area contributed by atoms with Gasteiger partial charge in [-0.15, -0.1) is 11.3 Å². The van der Waals surface area contributed by atoms with Gasteiger partial charge in [0, 0.05) is 50.7 Å². The number of alkyl halides is 3. The van der Waals surface area contributed by atoms with E-state index in [-0.39, 0.29) is 28.3 Å². The number of nitriles is 1. The van der Waals surface area contributed by atoms with Crippen molar-refractivity contribution in [1.29, 1.82) is 5.26 Å². The summed E-state index contributed by atoms with van der Waals surface area (Å²) in [6.07, 6.45) is -3.27. The van der Waals surface area contributed by atoms with Gasteiger partial charge in [-0.25, -0.2) is 0 Å². The maximum absolute atomic E-state index is 12.8. The van der Waals surface area contributed by atoms with Gasteiger partial charge in [0.2, 0.25) is 0 Å². The normalized spacial score (nSPS) is 15.6. The second-order valence-electron chi connectivity index (χ2n) is 8.39. The van der Waals surface area contributed by atoms with Gasteiger partial charge in [0.25, 0.3) is 17.4 Å². The van der Waals surface area contributed by atoms with E-state index < -0.39 is 29.8 Å². The van der Waals surface area contributed by atoms with E-state index in [1.807, 2.05) is 7.05 Å². The van der Waals surface area contributed by atoms with Gasteiger partial charge >= 0.3 is 6.18 Å². The maximum Gasteiger partial charge on any atom is 0.405 e. The lowest BCUT2D eigenvalue weighted by Gasteiger charge is -2.32. The number of carbonyl (C=O) groups excluding carboxylic acids is 2. The minimum Gasteiger partial charge on any atom is -0.484 e. The van der Waals surface area contributed by atoms with E-state index in [0.29, 0.717) is 24.5 Å². The number of halogens is 3. The van der Waals surface area contributed by atoms with E-state index in [1.54, 1.807) is 47.5 Å². The molecule has 2 N–H and O–H groups in total. The molecular weight excluding hydrogens is 525 g/mol. The third-order valence-electron chi connectivity index (χ3n) is 5.65. The van der Waals surface area contributed by atoms with Crippen molar-refractivity contribution in [2.45, 2.75) is 19.6 Å². The zero-order valence-corrected chi connectivity index (χ0v) is 21.6. The minimum atomic E-state index is -4.64. The fraction of sp³-hybridized carbons (Fsp3) is 0.417. The SMILES string of the molecule is CCn1c(=C(C#N)C(=O)NCC(F)(F)F)sc(=CNc2cccc(OCC(=O)N3CCN(C)CC3)c2)c1=O. The smallest absolute Gasteiger partial charge is 0.405 e. The predicted octanol–water partition coefficient (Wildman–Crippen LogP) is 0.285. The highest BCUT2D eigenvalue weighted by molar-refractivity contribution is 7.07. The fourth-order valence-corrected chi connectivity index (χ4v) is 4.66. The molecule has 0 bridgehead atoms. The monoisotopic (exact) mass is 552 g/mol. The molecule has 14 heteroatoms. The van der Waals surface area contributed by atoms with E-state index >= 15 is 0 Å². The molecule has 3 rings (SSSR count). The standard InChI is InChI=1S/C24H27F3N6O4S/c1-3-33-22(36)19(38-23(33)18(12-28)21(35)30-15-24(25,26)27)13-29-16-5-4-6-17(11-16)37-14-20(34)32-9-7-31(2)8-10-32/h4-6,11,13,29H,3,7-10,14-15H2,1-2H3,(H,30,35). The molecule has 1 aliphatic rings. The van der Waals surface area contributed by atoms with E-state index in [0.717, 1.165) is 29.0 Å². The molecular formula is C24H27F3N6O4S. The van der Waals surface area contributed by atoms with Crippen LogP contribution in [0.15, 0.2) is 29.1 Å². The summed E-state index contributed by atoms with van der Waals surface area (Å²) in [7, 11) is 2.00. The van der Waals surface area contributed by atoms with Crippen LogP contribution in [0.4, 0.5) is 18.9 Å². The number of benzene rings is 1. The molecule has 1 aliphatic heterocycles. The number of rotatable bonds is 8. The molecule has 1 saturated heterocycles. The van der Waals surface area contributed by atoms with Crippen molar-refractivity contribution in [2.75, 3.05) is 51.7 Å². The minimum absolute atomic E-state index is 0.0489. The molecule has 0 saturated carbocycles. The number of anilines is 1. The predicted molar refractivity (Wildman–Crippen MR) is 136 cm³/mol. The first-order chi connectivity index (χ1) is 18.0. The summed E-state index contributed by atoms with van der Waals surface area (Å²) in [5, 5.41) is 14.0. The number of likely N-dealkylation sites (N-methyl/N-ethyl adjacent to an activating group) is 1. The van der Waals surface area contributed by atoms with Gasteiger partial charge in [0.15, 0.2) is 12.2 Å². The number of amides is 2. The summed E-state index contributed by atoms with van der Waals surface area (Å²) in [5.74, 6) is -0.896. The average Bonchev–Trinajstić information content (AvgIpc) is 3.20. The van der Waals surface area contributed by atoms with Crippen molar-refractivity contribution in [2.24, 2.45) is 0 Å². The van der Waals surface area contributed by atoms with E-state index in [2.05, 4.69) is 10.2 Å². The van der Waals surface area contributed by atoms with Gasteiger partial charge in [-0.2, -0.15) is 18.4 Å². The lowest BCUT2D eigenvalue weighted by molar-refractivity contribution is -0.135. The van der Waals surface area contributed by atoms with Crippen LogP contribution in [0.1, 0.15) is 6.92 Å². The molecule has 1 aromatic heterocycles. The molecule has 204 valence electrons. The van der Waals surface area contributed by atoms with E-state index in [1.165, 1.54) is 6.20 Å². The van der Waals surface area contributed by atoms with Crippen molar-refractivity contribution < 1.29 is 27.5 Å². The zero-order valence-electron chi connectivity index (χ0n) is 20.8. The zero-order chi connectivity index (χ0) is 27.9. The van der Waals surface area contributed by atoms with Gasteiger partial charge in [-0.3, -0.25) is 19.0 Å². The van der Waals surface area contributed by atoms with Crippen LogP contribution in [0.2, 0.25) is 0 Å². The van der Waals surface area contributed by atoms with Crippen molar-refractivity contribution >= 4 is 40.6 Å². The van der Waals surface area contributed by atoms with E-state index in [4.69, 9.17) is 4.74 Å². The number of carbonyl (C=O) groups is 2. The second kappa shape index (κ2) is 12.6. The molecule has 2 aromatic rings. The maximum atomic E-state index is 12.8. The molecule has 0 atom stereocenters. The molecule has 1 aromatic carbocycles. The summed E-state index contributed by atoms with van der Waals surface area (Å²) in [5.41, 5.74) is -0.556. The Morgan fingerprint density at radius 2 is 1.95 bits per heavy atom. The summed E-state index contributed by atoms with van der Waals surface area (Å²) >= 11 is 0.805. The number of ether oxygens (including phenoxy) is 1. The molecule has 10 nitrogen and oxygen atoms in total. The Bertz CT molecular complexity index is 1390. The van der Waals surface area contributed by atoms with Gasteiger partial charge in [0.1, 0.15) is 27.6 Å². The highest BCUT2D eigenvalue weighted by atomic mass is 32.1. The Kier molecular flexibility index (Phi) is 9.54. The van der Waals surface area contributed by atoms with Crippen molar-refractivity contribution in [3.63, 3.8) is 0 Å². The summed E-state index contributed by atoms with van der Waals surface area (Å²) in [6, 6.07) is 8.33. The average molecular weight is 553 g/mol. The molecule has 38 heavy (non-hydrogen) atoms. The number of nitrogens with one attached hydrogen (secondary N) is 2. The molecule has 0 radical (unpaired) electrons. The number of thiazole rings is 1. The van der Waals surface area contributed by atoms with Crippen LogP contribution in [0.3, 0.4) is 0 Å². The molecule has 0 aliphatic carbocycles. The topological polar surface area (TPSA) is 120 Å². The van der Waals surface area contributed by atoms with Crippen molar-refractivity contribution in [3.05, 3.63) is 43.8 Å². The number of nitrogens with zero attached hydrogens (tertiary/aromatic N) is 4. The lowest BCUT2D eigenvalue weighted by atomic mass is 10.3. The quantitative estimate of drug-likeness (QED) is 0.483. The molecule has 0 unspecified atom stereocenters. The third-order valence-corrected chi connectivity index (χ3v) is 6.78. The lowest BCUT2D eigenvalue weighted by Crippen LogP contribution is -2.48. The first kappa shape index (κ1) is 28.7. The Balaban J connectivity index is 1.77. The van der Waals surface area contributed by atoms with Crippen molar-refractivity contribution in [1.82, 2.24) is 19.7 Å². The third kappa shape index (κ3) is 7.59. The molecule has 0 spiro atoms. The largest absolute Gasteiger partial charge is 0.484 e. The molecule has 2 heterocycles. The number of aromatic nitrogens is 1. The van der Waals surface area contributed by atoms with Gasteiger partial charge in [-0.05, 0) is 26.1 Å². The Morgan fingerprint density at radius 1 is 1.24 bits per heavy atom. The van der Waals surface area contributed by atoms with Gasteiger partial charge < -0.3 is 25.2 Å². The molecule has 2 amide bonds. The van der Waals surface area contributed by atoms with Crippen LogP contribution in [0.25, 0.3) is 11.8 Å². The fourth-order valence-electron chi connectivity index (χ4n) is 3.57. The summed E-state index contributed by atoms with van der Waals surface area (Å²) in [6.45, 7) is 2.88. The van der Waals surface area contributed by atoms with Crippen molar-refractivity contribution in [3.8, 4) is 11.8 Å². The highest BCUT2D eigenvalue weighted by Gasteiger charge is 2.29. The number of hydrogen-bond donors (Lipinski definition) is 2. The van der Waals surface area contributed by atoms with Crippen LogP contribution in [0.5, 0.6) is 5.75 Å². The first-order valence-electron chi connectivity index (χ1n) is 11.7. The Hall–Kier alpha value is -3.83. The Morgan fingerprint density at radius 3 is 2.58 bits per heavy atom. The van der Waals surface area contributed by atoms with Crippen LogP contribution in [-0.2, 0) is 16.1 Å². The summed E-state index contributed by atoms with van der Waals surface area (Å²) < 4.78 is 44.3. The van der Waals surface area contributed by atoms with Crippen LogP contribution >= 0.6 is 11.3 Å². The number of hydrogen-bond acceptors (Lipinski definition) is 8. The highest BCUT2D eigenvalue weighted by Crippen LogP contribution is 2.17. The molecule has 1 fully saturated rings. The summed E-state index contributed by atoms with van der Waals surface area (Å²) in [4.78, 5) is 41.3. The van der Waals surface area contributed by atoms with E-state index in [9.17, 15) is 32.8 Å². The Labute approximate surface area is 220 Å². The van der Waals surface area contributed by atoms with Gasteiger partial charge in [-0.1, -0.05) is 6.07 Å². The second-order valence-corrected chi connectivity index (χ2v) is 9.43. The van der Waals surface area contributed by atoms with Crippen LogP contribution in [0, 0.1) is 11.3 Å². The first-order valence-corrected chi connectivity index (χ1v) is 12.5. The van der Waals surface area contributed by atoms with Gasteiger partial charge in [0.05, 0.1) is 0 Å². The van der Waals surface area contributed by atoms with Crippen LogP contribution < -0.4 is 30.1 Å². The van der Waals surface area contributed by atoms with Crippen LogP contribution in [-0.4, -0.2) is 78.7 Å². The number of piperazine rings is 1.